The number of amides is 1. The van der Waals surface area contributed by atoms with Crippen LogP contribution in [0.1, 0.15) is 54.3 Å². The molecule has 1 N–H and O–H groups in total. The summed E-state index contributed by atoms with van der Waals surface area (Å²) in [5.41, 5.74) is 2.95. The molecule has 0 saturated carbocycles. The lowest BCUT2D eigenvalue weighted by Crippen LogP contribution is -2.16. The second kappa shape index (κ2) is 9.13. The normalized spacial score (nSPS) is 10.6. The fourth-order valence-corrected chi connectivity index (χ4v) is 4.38. The van der Waals surface area contributed by atoms with Gasteiger partial charge in [0.25, 0.3) is 5.91 Å². The van der Waals surface area contributed by atoms with Crippen LogP contribution in [0, 0.1) is 20.8 Å². The number of esters is 2. The molecule has 0 aliphatic carbocycles. The number of thiophene rings is 1. The number of hydrogen-bond donors (Lipinski definition) is 1. The number of carbonyl (C=O) groups excluding carboxylic acids is 3. The number of anilines is 1. The molecule has 0 unspecified atom stereocenters. The number of nitrogens with zero attached hydrogens (tertiary/aromatic N) is 2. The van der Waals surface area contributed by atoms with E-state index in [-0.39, 0.29) is 22.0 Å². The predicted molar refractivity (Wildman–Crippen MR) is 117 cm³/mol. The maximum Gasteiger partial charge on any atom is 0.348 e. The Morgan fingerprint density at radius 2 is 1.74 bits per heavy atom. The first kappa shape index (κ1) is 22.2. The van der Waals surface area contributed by atoms with Crippen LogP contribution in [0.2, 0.25) is 0 Å². The molecule has 31 heavy (non-hydrogen) atoms. The predicted octanol–water partition coefficient (Wildman–Crippen LogP) is 4.07. The van der Waals surface area contributed by atoms with Gasteiger partial charge in [0.2, 0.25) is 0 Å². The first-order valence-corrected chi connectivity index (χ1v) is 10.4. The van der Waals surface area contributed by atoms with Crippen LogP contribution in [0.25, 0.3) is 5.69 Å². The van der Waals surface area contributed by atoms with Crippen molar-refractivity contribution in [2.75, 3.05) is 19.0 Å². The minimum absolute atomic E-state index is 0.134. The van der Waals surface area contributed by atoms with E-state index in [2.05, 4.69) is 10.4 Å². The number of ether oxygens (including phenoxy) is 2. The van der Waals surface area contributed by atoms with Gasteiger partial charge >= 0.3 is 11.9 Å². The molecular weight excluding hydrogens is 418 g/mol. The summed E-state index contributed by atoms with van der Waals surface area (Å²) in [6, 6.07) is 9.46. The number of para-hydroxylation sites is 1. The highest BCUT2D eigenvalue weighted by Crippen LogP contribution is 2.35. The van der Waals surface area contributed by atoms with E-state index < -0.39 is 17.8 Å². The summed E-state index contributed by atoms with van der Waals surface area (Å²) in [5, 5.41) is 7.48. The Bertz CT molecular complexity index is 1150. The summed E-state index contributed by atoms with van der Waals surface area (Å²) in [6.07, 6.45) is 0. The third kappa shape index (κ3) is 4.22. The van der Waals surface area contributed by atoms with Gasteiger partial charge in [0.05, 0.1) is 41.9 Å². The van der Waals surface area contributed by atoms with Crippen molar-refractivity contribution in [1.82, 2.24) is 9.78 Å². The van der Waals surface area contributed by atoms with Crippen LogP contribution in [0.5, 0.6) is 0 Å². The molecule has 3 aromatic rings. The van der Waals surface area contributed by atoms with Gasteiger partial charge in [0.1, 0.15) is 9.88 Å². The van der Waals surface area contributed by atoms with E-state index in [1.807, 2.05) is 30.3 Å². The summed E-state index contributed by atoms with van der Waals surface area (Å²) in [5.74, 6) is -1.63. The van der Waals surface area contributed by atoms with Crippen LogP contribution in [-0.2, 0) is 9.47 Å². The highest BCUT2D eigenvalue weighted by Gasteiger charge is 2.28. The monoisotopic (exact) mass is 441 g/mol. The number of methoxy groups -OCH3 is 1. The van der Waals surface area contributed by atoms with Gasteiger partial charge in [-0.25, -0.2) is 14.3 Å². The van der Waals surface area contributed by atoms with Crippen LogP contribution in [0.4, 0.5) is 5.00 Å². The van der Waals surface area contributed by atoms with Crippen molar-refractivity contribution in [3.8, 4) is 5.69 Å². The van der Waals surface area contributed by atoms with Gasteiger partial charge in [-0.3, -0.25) is 4.79 Å². The van der Waals surface area contributed by atoms with Crippen LogP contribution in [0.15, 0.2) is 30.3 Å². The number of benzene rings is 1. The number of nitrogens with one attached hydrogen (secondary N) is 1. The van der Waals surface area contributed by atoms with Gasteiger partial charge in [0.15, 0.2) is 0 Å². The minimum Gasteiger partial charge on any atom is -0.465 e. The molecule has 3 rings (SSSR count). The third-order valence-corrected chi connectivity index (χ3v) is 5.93. The van der Waals surface area contributed by atoms with Crippen molar-refractivity contribution in [2.24, 2.45) is 0 Å². The molecule has 0 bridgehead atoms. The first-order chi connectivity index (χ1) is 14.8. The molecule has 162 valence electrons. The molecule has 9 heteroatoms. The molecule has 2 heterocycles. The molecular formula is C22H23N3O5S. The molecule has 8 nitrogen and oxygen atoms in total. The Balaban J connectivity index is 2.01. The zero-order valence-corrected chi connectivity index (χ0v) is 18.8. The van der Waals surface area contributed by atoms with E-state index in [9.17, 15) is 14.4 Å². The lowest BCUT2D eigenvalue weighted by atomic mass is 10.1. The van der Waals surface area contributed by atoms with E-state index in [0.29, 0.717) is 22.5 Å². The number of rotatable bonds is 6. The first-order valence-electron chi connectivity index (χ1n) is 9.61. The maximum atomic E-state index is 13.2. The maximum absolute atomic E-state index is 13.2. The lowest BCUT2D eigenvalue weighted by Gasteiger charge is -2.07. The highest BCUT2D eigenvalue weighted by molar-refractivity contribution is 7.18. The Morgan fingerprint density at radius 3 is 2.35 bits per heavy atom. The van der Waals surface area contributed by atoms with Crippen LogP contribution >= 0.6 is 11.3 Å². The zero-order chi connectivity index (χ0) is 22.7. The molecule has 2 aromatic heterocycles. The molecule has 0 aliphatic heterocycles. The minimum atomic E-state index is -0.645. The molecule has 0 aliphatic rings. The number of carbonyl (C=O) groups is 3. The van der Waals surface area contributed by atoms with Crippen molar-refractivity contribution in [3.63, 3.8) is 0 Å². The third-order valence-electron chi connectivity index (χ3n) is 4.74. The molecule has 1 amide bonds. The number of aryl methyl sites for hydroxylation is 1. The Hall–Kier alpha value is -3.46. The van der Waals surface area contributed by atoms with Crippen molar-refractivity contribution in [1.29, 1.82) is 0 Å². The summed E-state index contributed by atoms with van der Waals surface area (Å²) in [4.78, 5) is 38.0. The Morgan fingerprint density at radius 1 is 1.06 bits per heavy atom. The van der Waals surface area contributed by atoms with Gasteiger partial charge < -0.3 is 14.8 Å². The van der Waals surface area contributed by atoms with E-state index in [1.165, 1.54) is 7.11 Å². The smallest absolute Gasteiger partial charge is 0.348 e. The fourth-order valence-electron chi connectivity index (χ4n) is 3.30. The van der Waals surface area contributed by atoms with Crippen molar-refractivity contribution in [3.05, 3.63) is 63.3 Å². The van der Waals surface area contributed by atoms with Crippen LogP contribution in [0.3, 0.4) is 0 Å². The molecule has 0 fully saturated rings. The van der Waals surface area contributed by atoms with Gasteiger partial charge in [-0.1, -0.05) is 18.2 Å². The standard InChI is InChI=1S/C22H23N3O5S/c1-6-30-22(28)18-12(2)16(21(27)29-5)20(31-18)23-19(26)17-13(3)24-25(14(17)4)15-10-8-7-9-11-15/h7-11H,6H2,1-5H3,(H,23,26). The van der Waals surface area contributed by atoms with Crippen molar-refractivity contribution >= 4 is 34.2 Å². The Kier molecular flexibility index (Phi) is 6.55. The van der Waals surface area contributed by atoms with Gasteiger partial charge in [0, 0.05) is 0 Å². The van der Waals surface area contributed by atoms with E-state index in [4.69, 9.17) is 9.47 Å². The lowest BCUT2D eigenvalue weighted by molar-refractivity contribution is 0.0531. The van der Waals surface area contributed by atoms with Crippen molar-refractivity contribution in [2.45, 2.75) is 27.7 Å². The second-order valence-corrected chi connectivity index (χ2v) is 7.74. The van der Waals surface area contributed by atoms with Gasteiger partial charge in [-0.15, -0.1) is 11.3 Å². The average Bonchev–Trinajstić information content (AvgIpc) is 3.23. The largest absolute Gasteiger partial charge is 0.465 e. The Labute approximate surface area is 183 Å². The fraction of sp³-hybridized carbons (Fsp3) is 0.273. The summed E-state index contributed by atoms with van der Waals surface area (Å²) in [6.45, 7) is 7.05. The summed E-state index contributed by atoms with van der Waals surface area (Å²) in [7, 11) is 1.24. The summed E-state index contributed by atoms with van der Waals surface area (Å²) >= 11 is 0.981. The quantitative estimate of drug-likeness (QED) is 0.579. The molecule has 0 radical (unpaired) electrons. The molecule has 1 aromatic carbocycles. The highest BCUT2D eigenvalue weighted by atomic mass is 32.1. The van der Waals surface area contributed by atoms with E-state index in [0.717, 1.165) is 17.0 Å². The van der Waals surface area contributed by atoms with Crippen molar-refractivity contribution < 1.29 is 23.9 Å². The second-order valence-electron chi connectivity index (χ2n) is 6.72. The number of hydrogen-bond acceptors (Lipinski definition) is 7. The molecule has 0 saturated heterocycles. The molecule has 0 atom stereocenters. The van der Waals surface area contributed by atoms with Crippen LogP contribution < -0.4 is 5.32 Å². The van der Waals surface area contributed by atoms with Gasteiger partial charge in [-0.2, -0.15) is 5.10 Å². The SMILES string of the molecule is CCOC(=O)c1sc(NC(=O)c2c(C)nn(-c3ccccc3)c2C)c(C(=O)OC)c1C. The average molecular weight is 442 g/mol. The summed E-state index contributed by atoms with van der Waals surface area (Å²) < 4.78 is 11.6. The zero-order valence-electron chi connectivity index (χ0n) is 17.9. The van der Waals surface area contributed by atoms with Gasteiger partial charge in [-0.05, 0) is 45.4 Å². The van der Waals surface area contributed by atoms with E-state index in [1.54, 1.807) is 32.4 Å². The topological polar surface area (TPSA) is 99.5 Å². The molecule has 0 spiro atoms. The van der Waals surface area contributed by atoms with Crippen LogP contribution in [-0.4, -0.2) is 41.3 Å². The number of aromatic nitrogens is 2. The van der Waals surface area contributed by atoms with E-state index >= 15 is 0 Å².